The Kier molecular flexibility index (Phi) is 7.69. The number of hydrogen-bond donors (Lipinski definition) is 2. The summed E-state index contributed by atoms with van der Waals surface area (Å²) < 4.78 is 0. The maximum atomic E-state index is 12.5. The molecule has 1 rings (SSSR count). The van der Waals surface area contributed by atoms with Gasteiger partial charge >= 0.3 is 5.97 Å². The molecule has 1 unspecified atom stereocenters. The first-order valence-electron chi connectivity index (χ1n) is 7.60. The number of rotatable bonds is 10. The van der Waals surface area contributed by atoms with Gasteiger partial charge in [-0.1, -0.05) is 49.6 Å². The highest BCUT2D eigenvalue weighted by molar-refractivity contribution is 6.00. The lowest BCUT2D eigenvalue weighted by atomic mass is 9.99. The van der Waals surface area contributed by atoms with Gasteiger partial charge < -0.3 is 10.4 Å². The molecule has 0 aromatic heterocycles. The van der Waals surface area contributed by atoms with Crippen molar-refractivity contribution >= 4 is 11.8 Å². The molecule has 4 heteroatoms. The fourth-order valence-corrected chi connectivity index (χ4v) is 2.16. The molecule has 1 atom stereocenters. The Morgan fingerprint density at radius 1 is 1.19 bits per heavy atom. The Balaban J connectivity index is 2.66. The zero-order valence-corrected chi connectivity index (χ0v) is 12.9. The van der Waals surface area contributed by atoms with Crippen LogP contribution in [0.4, 0.5) is 0 Å². The van der Waals surface area contributed by atoms with E-state index in [2.05, 4.69) is 12.2 Å². The third-order valence-corrected chi connectivity index (χ3v) is 3.47. The van der Waals surface area contributed by atoms with E-state index in [1.54, 1.807) is 12.1 Å². The molecule has 0 fully saturated rings. The van der Waals surface area contributed by atoms with Crippen molar-refractivity contribution in [3.63, 3.8) is 0 Å². The summed E-state index contributed by atoms with van der Waals surface area (Å²) >= 11 is 0. The first-order valence-corrected chi connectivity index (χ1v) is 7.60. The van der Waals surface area contributed by atoms with Crippen LogP contribution in [0.1, 0.15) is 54.9 Å². The summed E-state index contributed by atoms with van der Waals surface area (Å²) in [7, 11) is 0. The van der Waals surface area contributed by atoms with Gasteiger partial charge in [-0.25, -0.2) is 0 Å². The highest BCUT2D eigenvalue weighted by Gasteiger charge is 2.20. The Morgan fingerprint density at radius 3 is 2.43 bits per heavy atom. The molecule has 0 aliphatic rings. The molecule has 1 aromatic rings. The summed E-state index contributed by atoms with van der Waals surface area (Å²) in [4.78, 5) is 23.2. The SMILES string of the molecule is CCCCCNC(CCC(=O)O)C(=O)c1ccc(C)cc1. The largest absolute Gasteiger partial charge is 0.481 e. The Labute approximate surface area is 126 Å². The lowest BCUT2D eigenvalue weighted by Crippen LogP contribution is -2.38. The molecule has 0 radical (unpaired) electrons. The van der Waals surface area contributed by atoms with Gasteiger partial charge in [0.2, 0.25) is 0 Å². The van der Waals surface area contributed by atoms with Crippen LogP contribution >= 0.6 is 0 Å². The number of unbranched alkanes of at least 4 members (excludes halogenated alkanes) is 2. The number of hydrogen-bond acceptors (Lipinski definition) is 3. The van der Waals surface area contributed by atoms with Crippen molar-refractivity contribution in [2.45, 2.75) is 52.0 Å². The van der Waals surface area contributed by atoms with Gasteiger partial charge in [0.1, 0.15) is 0 Å². The van der Waals surface area contributed by atoms with Crippen molar-refractivity contribution in [1.82, 2.24) is 5.32 Å². The van der Waals surface area contributed by atoms with Crippen LogP contribution in [0.3, 0.4) is 0 Å². The molecule has 21 heavy (non-hydrogen) atoms. The van der Waals surface area contributed by atoms with Crippen LogP contribution in [0, 0.1) is 6.92 Å². The molecular weight excluding hydrogens is 266 g/mol. The highest BCUT2D eigenvalue weighted by atomic mass is 16.4. The fraction of sp³-hybridized carbons (Fsp3) is 0.529. The van der Waals surface area contributed by atoms with E-state index < -0.39 is 12.0 Å². The van der Waals surface area contributed by atoms with E-state index in [0.29, 0.717) is 12.0 Å². The molecule has 116 valence electrons. The normalized spacial score (nSPS) is 12.1. The van der Waals surface area contributed by atoms with Gasteiger partial charge in [-0.05, 0) is 26.3 Å². The second kappa shape index (κ2) is 9.29. The van der Waals surface area contributed by atoms with Crippen LogP contribution in [0.5, 0.6) is 0 Å². The predicted octanol–water partition coefficient (Wildman–Crippen LogP) is 3.19. The predicted molar refractivity (Wildman–Crippen MR) is 83.7 cm³/mol. The maximum absolute atomic E-state index is 12.5. The topological polar surface area (TPSA) is 66.4 Å². The van der Waals surface area contributed by atoms with Gasteiger partial charge in [0, 0.05) is 12.0 Å². The quantitative estimate of drug-likeness (QED) is 0.513. The summed E-state index contributed by atoms with van der Waals surface area (Å²) in [5.74, 6) is -0.889. The first-order chi connectivity index (χ1) is 10.0. The number of carbonyl (C=O) groups excluding carboxylic acids is 1. The Hall–Kier alpha value is -1.68. The van der Waals surface area contributed by atoms with Gasteiger partial charge in [-0.3, -0.25) is 9.59 Å². The molecule has 0 aliphatic carbocycles. The van der Waals surface area contributed by atoms with Crippen LogP contribution in [-0.2, 0) is 4.79 Å². The minimum atomic E-state index is -0.868. The van der Waals surface area contributed by atoms with E-state index in [1.807, 2.05) is 19.1 Å². The van der Waals surface area contributed by atoms with E-state index in [0.717, 1.165) is 31.4 Å². The monoisotopic (exact) mass is 291 g/mol. The van der Waals surface area contributed by atoms with Crippen molar-refractivity contribution in [3.05, 3.63) is 35.4 Å². The molecule has 0 amide bonds. The van der Waals surface area contributed by atoms with E-state index >= 15 is 0 Å². The zero-order chi connectivity index (χ0) is 15.7. The average Bonchev–Trinajstić information content (AvgIpc) is 2.46. The summed E-state index contributed by atoms with van der Waals surface area (Å²) in [6.07, 6.45) is 3.56. The third-order valence-electron chi connectivity index (χ3n) is 3.47. The standard InChI is InChI=1S/C17H25NO3/c1-3-4-5-12-18-15(10-11-16(19)20)17(21)14-8-6-13(2)7-9-14/h6-9,15,18H,3-5,10-12H2,1-2H3,(H,19,20). The molecule has 0 aliphatic heterocycles. The molecule has 1 aromatic carbocycles. The van der Waals surface area contributed by atoms with Crippen LogP contribution < -0.4 is 5.32 Å². The molecule has 2 N–H and O–H groups in total. The average molecular weight is 291 g/mol. The molecule has 0 saturated carbocycles. The van der Waals surface area contributed by atoms with Crippen LogP contribution in [-0.4, -0.2) is 29.4 Å². The second-order valence-corrected chi connectivity index (χ2v) is 5.38. The number of nitrogens with one attached hydrogen (secondary N) is 1. The minimum absolute atomic E-state index is 0.00302. The number of aryl methyl sites for hydroxylation is 1. The lowest BCUT2D eigenvalue weighted by Gasteiger charge is -2.17. The minimum Gasteiger partial charge on any atom is -0.481 e. The number of carbonyl (C=O) groups is 2. The van der Waals surface area contributed by atoms with Gasteiger partial charge in [0.25, 0.3) is 0 Å². The van der Waals surface area contributed by atoms with E-state index in [4.69, 9.17) is 5.11 Å². The molecule has 0 bridgehead atoms. The van der Waals surface area contributed by atoms with Crippen LogP contribution in [0.25, 0.3) is 0 Å². The summed E-state index contributed by atoms with van der Waals surface area (Å²) in [6.45, 7) is 4.84. The van der Waals surface area contributed by atoms with E-state index in [1.165, 1.54) is 0 Å². The fourth-order valence-electron chi connectivity index (χ4n) is 2.16. The molecule has 4 nitrogen and oxygen atoms in total. The van der Waals surface area contributed by atoms with Crippen molar-refractivity contribution in [2.75, 3.05) is 6.54 Å². The smallest absolute Gasteiger partial charge is 0.303 e. The molecule has 0 saturated heterocycles. The van der Waals surface area contributed by atoms with Crippen molar-refractivity contribution < 1.29 is 14.7 Å². The number of aliphatic carboxylic acids is 1. The second-order valence-electron chi connectivity index (χ2n) is 5.38. The molecule has 0 heterocycles. The number of Topliss-reactive ketones (excluding diaryl/α,β-unsaturated/α-hetero) is 1. The van der Waals surface area contributed by atoms with Gasteiger partial charge in [0.05, 0.1) is 6.04 Å². The van der Waals surface area contributed by atoms with E-state index in [9.17, 15) is 9.59 Å². The zero-order valence-electron chi connectivity index (χ0n) is 12.9. The van der Waals surface area contributed by atoms with Crippen LogP contribution in [0.15, 0.2) is 24.3 Å². The van der Waals surface area contributed by atoms with Gasteiger partial charge in [0.15, 0.2) is 5.78 Å². The number of benzene rings is 1. The number of carboxylic acid groups (broad SMARTS) is 1. The van der Waals surface area contributed by atoms with Gasteiger partial charge in [-0.2, -0.15) is 0 Å². The maximum Gasteiger partial charge on any atom is 0.303 e. The highest BCUT2D eigenvalue weighted by Crippen LogP contribution is 2.10. The van der Waals surface area contributed by atoms with Crippen molar-refractivity contribution in [2.24, 2.45) is 0 Å². The van der Waals surface area contributed by atoms with E-state index in [-0.39, 0.29) is 12.2 Å². The number of ketones is 1. The van der Waals surface area contributed by atoms with Crippen molar-refractivity contribution in [1.29, 1.82) is 0 Å². The Morgan fingerprint density at radius 2 is 1.86 bits per heavy atom. The molecule has 0 spiro atoms. The van der Waals surface area contributed by atoms with Gasteiger partial charge in [-0.15, -0.1) is 0 Å². The summed E-state index contributed by atoms with van der Waals surface area (Å²) in [5.41, 5.74) is 1.74. The summed E-state index contributed by atoms with van der Waals surface area (Å²) in [5, 5.41) is 12.0. The number of carboxylic acids is 1. The third kappa shape index (κ3) is 6.54. The van der Waals surface area contributed by atoms with Crippen molar-refractivity contribution in [3.8, 4) is 0 Å². The molecular formula is C17H25NO3. The first kappa shape index (κ1) is 17.4. The Bertz CT molecular complexity index is 454. The summed E-state index contributed by atoms with van der Waals surface area (Å²) in [6, 6.07) is 7.00. The lowest BCUT2D eigenvalue weighted by molar-refractivity contribution is -0.137. The van der Waals surface area contributed by atoms with Crippen LogP contribution in [0.2, 0.25) is 0 Å².